The van der Waals surface area contributed by atoms with Crippen molar-refractivity contribution in [3.8, 4) is 5.75 Å². The summed E-state index contributed by atoms with van der Waals surface area (Å²) < 4.78 is 10.5. The highest BCUT2D eigenvalue weighted by molar-refractivity contribution is 6.30. The first-order chi connectivity index (χ1) is 9.11. The number of nitrogens with one attached hydrogen (secondary N) is 1. The van der Waals surface area contributed by atoms with E-state index in [1.54, 1.807) is 19.2 Å². The summed E-state index contributed by atoms with van der Waals surface area (Å²) in [7, 11) is 1.64. The standard InChI is InChI=1S/C13H20ClN3O2/c1-10(9-18-2)17-13(15)16-7-8-19-12-5-3-11(14)4-6-12/h3-6,10H,7-9H2,1-2H3,(H3,15,16,17). The Labute approximate surface area is 118 Å². The summed E-state index contributed by atoms with van der Waals surface area (Å²) in [6.45, 7) is 3.50. The molecule has 0 aromatic heterocycles. The van der Waals surface area contributed by atoms with Crippen molar-refractivity contribution in [3.63, 3.8) is 0 Å². The molecule has 106 valence electrons. The van der Waals surface area contributed by atoms with Crippen molar-refractivity contribution in [2.24, 2.45) is 10.7 Å². The van der Waals surface area contributed by atoms with Gasteiger partial charge in [0.05, 0.1) is 13.2 Å². The van der Waals surface area contributed by atoms with Gasteiger partial charge in [-0.05, 0) is 31.2 Å². The molecule has 0 radical (unpaired) electrons. The zero-order valence-electron chi connectivity index (χ0n) is 11.2. The summed E-state index contributed by atoms with van der Waals surface area (Å²) >= 11 is 5.78. The number of rotatable bonds is 7. The molecule has 0 saturated carbocycles. The highest BCUT2D eigenvalue weighted by Crippen LogP contribution is 2.15. The normalized spacial score (nSPS) is 13.1. The van der Waals surface area contributed by atoms with E-state index in [0.717, 1.165) is 5.75 Å². The maximum Gasteiger partial charge on any atom is 0.188 e. The summed E-state index contributed by atoms with van der Waals surface area (Å²) in [6.07, 6.45) is 0. The van der Waals surface area contributed by atoms with E-state index >= 15 is 0 Å². The number of benzene rings is 1. The molecule has 1 unspecified atom stereocenters. The molecule has 5 nitrogen and oxygen atoms in total. The highest BCUT2D eigenvalue weighted by Gasteiger charge is 2.01. The average molecular weight is 286 g/mol. The molecule has 0 bridgehead atoms. The predicted octanol–water partition coefficient (Wildman–Crippen LogP) is 1.66. The Hall–Kier alpha value is -1.46. The van der Waals surface area contributed by atoms with Gasteiger partial charge in [0.15, 0.2) is 5.96 Å². The van der Waals surface area contributed by atoms with Gasteiger partial charge >= 0.3 is 0 Å². The molecule has 0 aliphatic heterocycles. The van der Waals surface area contributed by atoms with E-state index in [-0.39, 0.29) is 6.04 Å². The quantitative estimate of drug-likeness (QED) is 0.454. The minimum absolute atomic E-state index is 0.130. The summed E-state index contributed by atoms with van der Waals surface area (Å²) in [6, 6.07) is 7.32. The summed E-state index contributed by atoms with van der Waals surface area (Å²) in [4.78, 5) is 4.16. The molecule has 1 rings (SSSR count). The van der Waals surface area contributed by atoms with Crippen LogP contribution in [0.25, 0.3) is 0 Å². The minimum atomic E-state index is 0.130. The Morgan fingerprint density at radius 2 is 2.11 bits per heavy atom. The second-order valence-corrected chi connectivity index (χ2v) is 4.51. The smallest absolute Gasteiger partial charge is 0.188 e. The molecular formula is C13H20ClN3O2. The van der Waals surface area contributed by atoms with Crippen LogP contribution in [0.2, 0.25) is 5.02 Å². The number of aliphatic imine (C=N–C) groups is 1. The van der Waals surface area contributed by atoms with E-state index in [1.165, 1.54) is 0 Å². The third kappa shape index (κ3) is 6.88. The van der Waals surface area contributed by atoms with Crippen LogP contribution in [0.15, 0.2) is 29.3 Å². The van der Waals surface area contributed by atoms with E-state index in [2.05, 4.69) is 10.3 Å². The molecular weight excluding hydrogens is 266 g/mol. The molecule has 0 fully saturated rings. The third-order valence-corrected chi connectivity index (χ3v) is 2.52. The molecule has 0 aliphatic rings. The number of halogens is 1. The van der Waals surface area contributed by atoms with Crippen molar-refractivity contribution in [2.75, 3.05) is 26.9 Å². The fourth-order valence-electron chi connectivity index (χ4n) is 1.45. The van der Waals surface area contributed by atoms with Crippen molar-refractivity contribution in [1.82, 2.24) is 5.32 Å². The lowest BCUT2D eigenvalue weighted by molar-refractivity contribution is 0.179. The molecule has 0 amide bonds. The van der Waals surface area contributed by atoms with Crippen LogP contribution in [-0.4, -0.2) is 38.9 Å². The number of nitrogens with two attached hydrogens (primary N) is 1. The lowest BCUT2D eigenvalue weighted by Crippen LogP contribution is -2.40. The largest absolute Gasteiger partial charge is 0.492 e. The van der Waals surface area contributed by atoms with Gasteiger partial charge in [0.25, 0.3) is 0 Å². The van der Waals surface area contributed by atoms with Gasteiger partial charge in [0, 0.05) is 18.2 Å². The Balaban J connectivity index is 2.23. The zero-order valence-corrected chi connectivity index (χ0v) is 12.0. The number of guanidine groups is 1. The summed E-state index contributed by atoms with van der Waals surface area (Å²) in [5.41, 5.74) is 5.71. The molecule has 0 aliphatic carbocycles. The number of ether oxygens (including phenoxy) is 2. The van der Waals surface area contributed by atoms with Gasteiger partial charge in [-0.25, -0.2) is 4.99 Å². The van der Waals surface area contributed by atoms with Gasteiger partial charge in [-0.3, -0.25) is 0 Å². The first-order valence-electron chi connectivity index (χ1n) is 6.05. The monoisotopic (exact) mass is 285 g/mol. The third-order valence-electron chi connectivity index (χ3n) is 2.27. The number of hydrogen-bond acceptors (Lipinski definition) is 3. The molecule has 1 atom stereocenters. The Morgan fingerprint density at radius 3 is 2.74 bits per heavy atom. The molecule has 0 spiro atoms. The van der Waals surface area contributed by atoms with Crippen molar-refractivity contribution >= 4 is 17.6 Å². The van der Waals surface area contributed by atoms with Crippen LogP contribution in [0.4, 0.5) is 0 Å². The molecule has 1 aromatic rings. The van der Waals surface area contributed by atoms with E-state index in [9.17, 15) is 0 Å². The molecule has 6 heteroatoms. The van der Waals surface area contributed by atoms with Crippen LogP contribution in [0.3, 0.4) is 0 Å². The molecule has 0 saturated heterocycles. The first kappa shape index (κ1) is 15.6. The maximum absolute atomic E-state index is 5.78. The van der Waals surface area contributed by atoms with Gasteiger partial charge in [-0.2, -0.15) is 0 Å². The maximum atomic E-state index is 5.78. The second-order valence-electron chi connectivity index (χ2n) is 4.07. The topological polar surface area (TPSA) is 68.9 Å². The van der Waals surface area contributed by atoms with Gasteiger partial charge in [0.1, 0.15) is 12.4 Å². The lowest BCUT2D eigenvalue weighted by Gasteiger charge is -2.13. The van der Waals surface area contributed by atoms with E-state index in [1.807, 2.05) is 19.1 Å². The Kier molecular flexibility index (Phi) is 7.07. The summed E-state index contributed by atoms with van der Waals surface area (Å²) in [5.74, 6) is 1.16. The Bertz CT molecular complexity index is 395. The van der Waals surface area contributed by atoms with E-state index < -0.39 is 0 Å². The number of hydrogen-bond donors (Lipinski definition) is 2. The van der Waals surface area contributed by atoms with Gasteiger partial charge in [0.2, 0.25) is 0 Å². The molecule has 3 N–H and O–H groups in total. The fraction of sp³-hybridized carbons (Fsp3) is 0.462. The van der Waals surface area contributed by atoms with Gasteiger partial charge < -0.3 is 20.5 Å². The van der Waals surface area contributed by atoms with Crippen LogP contribution in [0.5, 0.6) is 5.75 Å². The van der Waals surface area contributed by atoms with Gasteiger partial charge in [-0.15, -0.1) is 0 Å². The van der Waals surface area contributed by atoms with Crippen molar-refractivity contribution in [1.29, 1.82) is 0 Å². The average Bonchev–Trinajstić information content (AvgIpc) is 2.37. The van der Waals surface area contributed by atoms with Crippen molar-refractivity contribution in [2.45, 2.75) is 13.0 Å². The minimum Gasteiger partial charge on any atom is -0.492 e. The van der Waals surface area contributed by atoms with E-state index in [0.29, 0.717) is 30.7 Å². The van der Waals surface area contributed by atoms with Crippen LogP contribution in [0.1, 0.15) is 6.92 Å². The second kappa shape index (κ2) is 8.61. The van der Waals surface area contributed by atoms with Crippen LogP contribution in [0, 0.1) is 0 Å². The molecule has 1 aromatic carbocycles. The van der Waals surface area contributed by atoms with Crippen LogP contribution >= 0.6 is 11.6 Å². The molecule has 19 heavy (non-hydrogen) atoms. The number of methoxy groups -OCH3 is 1. The molecule has 0 heterocycles. The lowest BCUT2D eigenvalue weighted by atomic mass is 10.3. The zero-order chi connectivity index (χ0) is 14.1. The van der Waals surface area contributed by atoms with Crippen LogP contribution in [-0.2, 0) is 4.74 Å². The first-order valence-corrected chi connectivity index (χ1v) is 6.43. The van der Waals surface area contributed by atoms with Gasteiger partial charge in [-0.1, -0.05) is 11.6 Å². The predicted molar refractivity (Wildman–Crippen MR) is 77.9 cm³/mol. The summed E-state index contributed by atoms with van der Waals surface area (Å²) in [5, 5.41) is 3.70. The SMILES string of the molecule is COCC(C)NC(N)=NCCOc1ccc(Cl)cc1. The van der Waals surface area contributed by atoms with Crippen molar-refractivity contribution < 1.29 is 9.47 Å². The van der Waals surface area contributed by atoms with E-state index in [4.69, 9.17) is 26.8 Å². The number of nitrogens with zero attached hydrogens (tertiary/aromatic N) is 1. The van der Waals surface area contributed by atoms with Crippen LogP contribution < -0.4 is 15.8 Å². The highest BCUT2D eigenvalue weighted by atomic mass is 35.5. The fourth-order valence-corrected chi connectivity index (χ4v) is 1.58. The van der Waals surface area contributed by atoms with Crippen molar-refractivity contribution in [3.05, 3.63) is 29.3 Å². The Morgan fingerprint density at radius 1 is 1.42 bits per heavy atom.